The molecule has 0 saturated carbocycles. The number of rotatable bonds is 1. The van der Waals surface area contributed by atoms with Gasteiger partial charge in [0, 0.05) is 16.7 Å². The molecule has 0 aliphatic carbocycles. The smallest absolute Gasteiger partial charge is 0.255 e. The van der Waals surface area contributed by atoms with E-state index in [-0.39, 0.29) is 12.0 Å². The zero-order chi connectivity index (χ0) is 12.4. The van der Waals surface area contributed by atoms with Gasteiger partial charge < -0.3 is 9.64 Å². The van der Waals surface area contributed by atoms with Gasteiger partial charge >= 0.3 is 0 Å². The van der Waals surface area contributed by atoms with E-state index >= 15 is 0 Å². The van der Waals surface area contributed by atoms with Gasteiger partial charge in [-0.3, -0.25) is 4.79 Å². The normalized spacial score (nSPS) is 20.4. The number of ether oxygens (including phenoxy) is 1. The summed E-state index contributed by atoms with van der Waals surface area (Å²) in [7, 11) is 0. The highest BCUT2D eigenvalue weighted by atomic mass is 127. The maximum atomic E-state index is 12.3. The number of carbonyl (C=O) groups is 1. The van der Waals surface area contributed by atoms with Crippen LogP contribution < -0.4 is 0 Å². The highest BCUT2D eigenvalue weighted by Gasteiger charge is 2.23. The number of morpholine rings is 1. The molecule has 1 amide bonds. The van der Waals surface area contributed by atoms with E-state index in [2.05, 4.69) is 22.6 Å². The van der Waals surface area contributed by atoms with Crippen LogP contribution in [0.25, 0.3) is 0 Å². The van der Waals surface area contributed by atoms with E-state index in [1.807, 2.05) is 19.1 Å². The molecule has 92 valence electrons. The van der Waals surface area contributed by atoms with Crippen LogP contribution in [0.4, 0.5) is 0 Å². The number of benzene rings is 1. The summed E-state index contributed by atoms with van der Waals surface area (Å²) in [5.74, 6) is -0.0105. The fourth-order valence-corrected chi connectivity index (χ4v) is 2.52. The molecule has 1 heterocycles. The summed E-state index contributed by atoms with van der Waals surface area (Å²) in [5.41, 5.74) is 0.577. The minimum atomic E-state index is -0.0105. The molecule has 1 atom stereocenters. The fraction of sp³-hybridized carbons (Fsp3) is 0.417. The summed E-state index contributed by atoms with van der Waals surface area (Å²) in [6, 6.07) is 5.48. The van der Waals surface area contributed by atoms with Gasteiger partial charge in [0.05, 0.1) is 23.3 Å². The Labute approximate surface area is 119 Å². The van der Waals surface area contributed by atoms with Gasteiger partial charge in [-0.2, -0.15) is 0 Å². The van der Waals surface area contributed by atoms with Crippen molar-refractivity contribution in [2.45, 2.75) is 13.0 Å². The van der Waals surface area contributed by atoms with Crippen molar-refractivity contribution >= 4 is 40.1 Å². The van der Waals surface area contributed by atoms with Crippen LogP contribution in [0.1, 0.15) is 17.3 Å². The molecule has 1 aromatic carbocycles. The van der Waals surface area contributed by atoms with E-state index < -0.39 is 0 Å². The average molecular weight is 366 g/mol. The molecule has 2 rings (SSSR count). The zero-order valence-corrected chi connectivity index (χ0v) is 12.4. The summed E-state index contributed by atoms with van der Waals surface area (Å²) in [5, 5.41) is 0.509. The highest BCUT2D eigenvalue weighted by molar-refractivity contribution is 14.1. The molecule has 5 heteroatoms. The van der Waals surface area contributed by atoms with Crippen molar-refractivity contribution in [3.63, 3.8) is 0 Å². The molecule has 1 aromatic rings. The Kier molecular flexibility index (Phi) is 4.27. The summed E-state index contributed by atoms with van der Waals surface area (Å²) in [6.45, 7) is 3.82. The number of halogens is 2. The van der Waals surface area contributed by atoms with Gasteiger partial charge in [0.15, 0.2) is 0 Å². The molecule has 17 heavy (non-hydrogen) atoms. The lowest BCUT2D eigenvalue weighted by Crippen LogP contribution is -2.44. The Bertz CT molecular complexity index is 439. The molecule has 0 unspecified atom stereocenters. The van der Waals surface area contributed by atoms with Gasteiger partial charge in [-0.15, -0.1) is 0 Å². The Hall–Kier alpha value is -0.330. The lowest BCUT2D eigenvalue weighted by molar-refractivity contribution is -0.0124. The second-order valence-electron chi connectivity index (χ2n) is 4.06. The number of hydrogen-bond donors (Lipinski definition) is 0. The van der Waals surface area contributed by atoms with Crippen LogP contribution >= 0.6 is 34.2 Å². The van der Waals surface area contributed by atoms with Gasteiger partial charge in [-0.25, -0.2) is 0 Å². The minimum absolute atomic E-state index is 0.0105. The van der Waals surface area contributed by atoms with Crippen LogP contribution in [0, 0.1) is 3.57 Å². The first-order valence-corrected chi connectivity index (χ1v) is 6.89. The van der Waals surface area contributed by atoms with Crippen LogP contribution in [0.15, 0.2) is 18.2 Å². The topological polar surface area (TPSA) is 29.5 Å². The molecule has 3 nitrogen and oxygen atoms in total. The third-order valence-electron chi connectivity index (χ3n) is 2.69. The van der Waals surface area contributed by atoms with Gasteiger partial charge in [-0.1, -0.05) is 11.6 Å². The second-order valence-corrected chi connectivity index (χ2v) is 5.71. The molecule has 0 aromatic heterocycles. The van der Waals surface area contributed by atoms with Crippen LogP contribution in [-0.4, -0.2) is 36.6 Å². The molecule has 1 aliphatic heterocycles. The standard InChI is InChI=1S/C12H13ClINO2/c1-8-7-15(4-5-17-8)12(16)10-6-9(14)2-3-11(10)13/h2-3,6,8H,4-5,7H2,1H3/t8-/m1/s1. The summed E-state index contributed by atoms with van der Waals surface area (Å²) < 4.78 is 6.43. The number of amides is 1. The SMILES string of the molecule is C[C@@H]1CN(C(=O)c2cc(I)ccc2Cl)CCO1. The molecule has 0 radical (unpaired) electrons. The second kappa shape index (κ2) is 5.54. The molecule has 0 N–H and O–H groups in total. The van der Waals surface area contributed by atoms with E-state index in [0.717, 1.165) is 3.57 Å². The third kappa shape index (κ3) is 3.11. The van der Waals surface area contributed by atoms with E-state index in [1.54, 1.807) is 11.0 Å². The van der Waals surface area contributed by atoms with Crippen molar-refractivity contribution in [3.8, 4) is 0 Å². The monoisotopic (exact) mass is 365 g/mol. The maximum absolute atomic E-state index is 12.3. The number of hydrogen-bond acceptors (Lipinski definition) is 2. The van der Waals surface area contributed by atoms with Crippen LogP contribution in [0.5, 0.6) is 0 Å². The minimum Gasteiger partial charge on any atom is -0.375 e. The Balaban J connectivity index is 2.21. The number of carbonyl (C=O) groups excluding carboxylic acids is 1. The van der Waals surface area contributed by atoms with Gasteiger partial charge in [0.1, 0.15) is 0 Å². The van der Waals surface area contributed by atoms with E-state index in [9.17, 15) is 4.79 Å². The Morgan fingerprint density at radius 3 is 3.06 bits per heavy atom. The first kappa shape index (κ1) is 13.1. The summed E-state index contributed by atoms with van der Waals surface area (Å²) in [4.78, 5) is 14.1. The lowest BCUT2D eigenvalue weighted by atomic mass is 10.2. The van der Waals surface area contributed by atoms with E-state index in [4.69, 9.17) is 16.3 Å². The molecular formula is C12H13ClINO2. The summed E-state index contributed by atoms with van der Waals surface area (Å²) >= 11 is 8.24. The van der Waals surface area contributed by atoms with Crippen LogP contribution in [0.2, 0.25) is 5.02 Å². The third-order valence-corrected chi connectivity index (χ3v) is 3.69. The first-order chi connectivity index (χ1) is 8.08. The largest absolute Gasteiger partial charge is 0.375 e. The van der Waals surface area contributed by atoms with Crippen molar-refractivity contribution < 1.29 is 9.53 Å². The van der Waals surface area contributed by atoms with Gasteiger partial charge in [0.25, 0.3) is 5.91 Å². The summed E-state index contributed by atoms with van der Waals surface area (Å²) in [6.07, 6.45) is 0.0919. The van der Waals surface area contributed by atoms with Crippen LogP contribution in [0.3, 0.4) is 0 Å². The van der Waals surface area contributed by atoms with Crippen molar-refractivity contribution in [3.05, 3.63) is 32.4 Å². The first-order valence-electron chi connectivity index (χ1n) is 5.44. The van der Waals surface area contributed by atoms with E-state index in [1.165, 1.54) is 0 Å². The molecule has 1 fully saturated rings. The van der Waals surface area contributed by atoms with Gasteiger partial charge in [0.2, 0.25) is 0 Å². The Morgan fingerprint density at radius 2 is 2.35 bits per heavy atom. The molecule has 0 bridgehead atoms. The molecule has 1 aliphatic rings. The predicted octanol–water partition coefficient (Wildman–Crippen LogP) is 2.81. The van der Waals surface area contributed by atoms with Crippen molar-refractivity contribution in [1.82, 2.24) is 4.90 Å². The fourth-order valence-electron chi connectivity index (χ4n) is 1.83. The van der Waals surface area contributed by atoms with Crippen molar-refractivity contribution in [2.24, 2.45) is 0 Å². The van der Waals surface area contributed by atoms with Crippen molar-refractivity contribution in [2.75, 3.05) is 19.7 Å². The van der Waals surface area contributed by atoms with Gasteiger partial charge in [-0.05, 0) is 47.7 Å². The van der Waals surface area contributed by atoms with E-state index in [0.29, 0.717) is 30.3 Å². The quantitative estimate of drug-likeness (QED) is 0.716. The van der Waals surface area contributed by atoms with Crippen LogP contribution in [-0.2, 0) is 4.74 Å². The zero-order valence-electron chi connectivity index (χ0n) is 9.45. The lowest BCUT2D eigenvalue weighted by Gasteiger charge is -2.31. The number of nitrogens with zero attached hydrogens (tertiary/aromatic N) is 1. The highest BCUT2D eigenvalue weighted by Crippen LogP contribution is 2.21. The molecule has 0 spiro atoms. The van der Waals surface area contributed by atoms with Crippen molar-refractivity contribution in [1.29, 1.82) is 0 Å². The molecular weight excluding hydrogens is 352 g/mol. The predicted molar refractivity (Wildman–Crippen MR) is 75.5 cm³/mol. The Morgan fingerprint density at radius 1 is 1.59 bits per heavy atom. The average Bonchev–Trinajstić information content (AvgIpc) is 2.31. The maximum Gasteiger partial charge on any atom is 0.255 e. The molecule has 1 saturated heterocycles.